The van der Waals surface area contributed by atoms with Gasteiger partial charge in [0.05, 0.1) is 19.3 Å². The molecule has 9 heteroatoms. The van der Waals surface area contributed by atoms with Crippen molar-refractivity contribution in [3.8, 4) is 0 Å². The highest BCUT2D eigenvalue weighted by molar-refractivity contribution is 9.10. The molecule has 1 unspecified atom stereocenters. The van der Waals surface area contributed by atoms with Crippen LogP contribution in [0.5, 0.6) is 0 Å². The number of sulfonamides is 1. The molecule has 0 amide bonds. The number of methoxy groups -OCH3 is 2. The van der Waals surface area contributed by atoms with Crippen molar-refractivity contribution in [3.05, 3.63) is 16.5 Å². The lowest BCUT2D eigenvalue weighted by Crippen LogP contribution is -2.35. The van der Waals surface area contributed by atoms with Gasteiger partial charge in [-0.1, -0.05) is 6.92 Å². The molecular weight excluding hydrogens is 364 g/mol. The minimum Gasteiger partial charge on any atom is -0.452 e. The average Bonchev–Trinajstić information content (AvgIpc) is 2.83. The van der Waals surface area contributed by atoms with Crippen molar-refractivity contribution in [2.75, 3.05) is 33.9 Å². The fourth-order valence-corrected chi connectivity index (χ4v) is 3.65. The highest BCUT2D eigenvalue weighted by Gasteiger charge is 2.23. The fourth-order valence-electron chi connectivity index (χ4n) is 1.59. The van der Waals surface area contributed by atoms with Gasteiger partial charge in [-0.15, -0.1) is 0 Å². The number of halogens is 1. The number of nitrogens with one attached hydrogen (secondary N) is 2. The molecule has 1 aromatic rings. The van der Waals surface area contributed by atoms with Crippen molar-refractivity contribution < 1.29 is 22.3 Å². The van der Waals surface area contributed by atoms with Gasteiger partial charge in [-0.2, -0.15) is 0 Å². The summed E-state index contributed by atoms with van der Waals surface area (Å²) in [7, 11) is -0.644. The Hall–Kier alpha value is -0.450. The zero-order valence-electron chi connectivity index (χ0n) is 12.3. The van der Waals surface area contributed by atoms with Gasteiger partial charge >= 0.3 is 0 Å². The van der Waals surface area contributed by atoms with Gasteiger partial charge in [0.25, 0.3) is 0 Å². The van der Waals surface area contributed by atoms with E-state index < -0.39 is 10.0 Å². The molecule has 1 aromatic heterocycles. The topological polar surface area (TPSA) is 89.8 Å². The van der Waals surface area contributed by atoms with Crippen LogP contribution in [-0.2, 0) is 26.0 Å². The van der Waals surface area contributed by atoms with Crippen LogP contribution in [0.4, 0.5) is 0 Å². The third-order valence-corrected chi connectivity index (χ3v) is 5.01. The summed E-state index contributed by atoms with van der Waals surface area (Å²) in [6.45, 7) is 3.61. The van der Waals surface area contributed by atoms with Crippen molar-refractivity contribution in [1.82, 2.24) is 10.0 Å². The van der Waals surface area contributed by atoms with Crippen molar-refractivity contribution in [1.29, 1.82) is 0 Å². The van der Waals surface area contributed by atoms with Gasteiger partial charge in [0.2, 0.25) is 10.0 Å². The lowest BCUT2D eigenvalue weighted by atomic mass is 10.4. The zero-order valence-corrected chi connectivity index (χ0v) is 14.7. The normalized spacial score (nSPS) is 13.5. The molecule has 0 fully saturated rings. The van der Waals surface area contributed by atoms with E-state index in [0.717, 1.165) is 6.54 Å². The van der Waals surface area contributed by atoms with E-state index in [2.05, 4.69) is 26.0 Å². The molecule has 0 aromatic carbocycles. The summed E-state index contributed by atoms with van der Waals surface area (Å²) in [5, 5.41) is 3.07. The minimum absolute atomic E-state index is 0.0719. The van der Waals surface area contributed by atoms with E-state index in [1.807, 2.05) is 6.92 Å². The lowest BCUT2D eigenvalue weighted by Gasteiger charge is -2.14. The van der Waals surface area contributed by atoms with Gasteiger partial charge in [0.15, 0.2) is 4.67 Å². The summed E-state index contributed by atoms with van der Waals surface area (Å²) in [5.74, 6) is 0.546. The van der Waals surface area contributed by atoms with Crippen LogP contribution in [0, 0.1) is 0 Å². The third kappa shape index (κ3) is 5.68. The van der Waals surface area contributed by atoms with Crippen LogP contribution in [0.15, 0.2) is 20.0 Å². The summed E-state index contributed by atoms with van der Waals surface area (Å²) in [6.07, 6.45) is -0.350. The molecule has 0 aliphatic carbocycles. The van der Waals surface area contributed by atoms with Crippen molar-refractivity contribution in [2.24, 2.45) is 0 Å². The maximum absolute atomic E-state index is 12.2. The molecule has 122 valence electrons. The Morgan fingerprint density at radius 1 is 1.43 bits per heavy atom. The van der Waals surface area contributed by atoms with Gasteiger partial charge in [-0.05, 0) is 22.5 Å². The van der Waals surface area contributed by atoms with Crippen LogP contribution < -0.4 is 10.0 Å². The zero-order chi connectivity index (χ0) is 15.9. The van der Waals surface area contributed by atoms with Gasteiger partial charge in [-0.25, -0.2) is 13.1 Å². The molecule has 1 heterocycles. The molecule has 0 bridgehead atoms. The number of hydrogen-bond acceptors (Lipinski definition) is 6. The highest BCUT2D eigenvalue weighted by atomic mass is 79.9. The molecule has 0 saturated heterocycles. The van der Waals surface area contributed by atoms with Crippen molar-refractivity contribution in [3.63, 3.8) is 0 Å². The second-order valence-corrected chi connectivity index (χ2v) is 6.75. The second-order valence-electron chi connectivity index (χ2n) is 4.30. The molecular formula is C12H21BrN2O5S. The molecule has 21 heavy (non-hydrogen) atoms. The Morgan fingerprint density at radius 3 is 2.71 bits per heavy atom. The molecule has 0 aliphatic rings. The molecule has 0 saturated carbocycles. The standard InChI is InChI=1S/C12H21BrN2O5S/c1-4-14-6-9-5-11(12(13)20-9)21(16,17)15-7-10(19-3)8-18-2/h5,10,14-15H,4,6-8H2,1-3H3. The van der Waals surface area contributed by atoms with Crippen LogP contribution in [0.2, 0.25) is 0 Å². The molecule has 7 nitrogen and oxygen atoms in total. The predicted molar refractivity (Wildman–Crippen MR) is 81.7 cm³/mol. The van der Waals surface area contributed by atoms with Crippen LogP contribution in [0.1, 0.15) is 12.7 Å². The Labute approximate surface area is 133 Å². The Bertz CT molecular complexity index is 532. The molecule has 0 aliphatic heterocycles. The molecule has 0 spiro atoms. The number of ether oxygens (including phenoxy) is 2. The quantitative estimate of drug-likeness (QED) is 0.627. The number of furan rings is 1. The van der Waals surface area contributed by atoms with Crippen LogP contribution in [0.25, 0.3) is 0 Å². The predicted octanol–water partition coefficient (Wildman–Crippen LogP) is 1.09. The Morgan fingerprint density at radius 2 is 2.14 bits per heavy atom. The summed E-state index contributed by atoms with van der Waals surface area (Å²) >= 11 is 3.13. The lowest BCUT2D eigenvalue weighted by molar-refractivity contribution is 0.0320. The van der Waals surface area contributed by atoms with Crippen molar-refractivity contribution >= 4 is 26.0 Å². The summed E-state index contributed by atoms with van der Waals surface area (Å²) < 4.78 is 42.6. The molecule has 2 N–H and O–H groups in total. The Kier molecular flexibility index (Phi) is 7.85. The van der Waals surface area contributed by atoms with E-state index in [-0.39, 0.29) is 22.2 Å². The van der Waals surface area contributed by atoms with Crippen LogP contribution in [0.3, 0.4) is 0 Å². The van der Waals surface area contributed by atoms with Gasteiger partial charge in [0, 0.05) is 26.8 Å². The van der Waals surface area contributed by atoms with E-state index >= 15 is 0 Å². The summed E-state index contributed by atoms with van der Waals surface area (Å²) in [4.78, 5) is 0.0719. The largest absolute Gasteiger partial charge is 0.452 e. The first-order valence-electron chi connectivity index (χ1n) is 6.44. The van der Waals surface area contributed by atoms with E-state index in [0.29, 0.717) is 18.9 Å². The van der Waals surface area contributed by atoms with Crippen molar-refractivity contribution in [2.45, 2.75) is 24.5 Å². The molecule has 0 radical (unpaired) electrons. The average molecular weight is 385 g/mol. The maximum Gasteiger partial charge on any atom is 0.245 e. The second kappa shape index (κ2) is 8.86. The fraction of sp³-hybridized carbons (Fsp3) is 0.667. The van der Waals surface area contributed by atoms with Crippen LogP contribution in [-0.4, -0.2) is 48.4 Å². The smallest absolute Gasteiger partial charge is 0.245 e. The first-order chi connectivity index (χ1) is 9.94. The Balaban J connectivity index is 2.75. The number of rotatable bonds is 10. The molecule has 1 rings (SSSR count). The van der Waals surface area contributed by atoms with Gasteiger partial charge in [-0.3, -0.25) is 0 Å². The highest BCUT2D eigenvalue weighted by Crippen LogP contribution is 2.26. The third-order valence-electron chi connectivity index (χ3n) is 2.73. The first kappa shape index (κ1) is 18.6. The van der Waals surface area contributed by atoms with E-state index in [1.165, 1.54) is 20.3 Å². The van der Waals surface area contributed by atoms with Gasteiger partial charge < -0.3 is 19.2 Å². The molecule has 1 atom stereocenters. The van der Waals surface area contributed by atoms with E-state index in [4.69, 9.17) is 13.9 Å². The van der Waals surface area contributed by atoms with E-state index in [9.17, 15) is 8.42 Å². The summed E-state index contributed by atoms with van der Waals surface area (Å²) in [5.41, 5.74) is 0. The maximum atomic E-state index is 12.2. The van der Waals surface area contributed by atoms with E-state index in [1.54, 1.807) is 0 Å². The minimum atomic E-state index is -3.67. The van der Waals surface area contributed by atoms with Gasteiger partial charge in [0.1, 0.15) is 10.7 Å². The monoisotopic (exact) mass is 384 g/mol. The SMILES string of the molecule is CCNCc1cc(S(=O)(=O)NCC(COC)OC)c(Br)o1. The number of hydrogen-bond donors (Lipinski definition) is 2. The summed E-state index contributed by atoms with van der Waals surface area (Å²) in [6, 6.07) is 1.49. The van der Waals surface area contributed by atoms with Crippen LogP contribution >= 0.6 is 15.9 Å². The first-order valence-corrected chi connectivity index (χ1v) is 8.72.